The van der Waals surface area contributed by atoms with Gasteiger partial charge in [0.25, 0.3) is 0 Å². The molecule has 176 valence electrons. The van der Waals surface area contributed by atoms with Crippen LogP contribution in [0.4, 0.5) is 0 Å². The zero-order valence-corrected chi connectivity index (χ0v) is 20.4. The summed E-state index contributed by atoms with van der Waals surface area (Å²) in [6.07, 6.45) is 9.10. The van der Waals surface area contributed by atoms with Crippen molar-refractivity contribution in [1.29, 1.82) is 0 Å². The smallest absolute Gasteiger partial charge is 0.303 e. The highest BCUT2D eigenvalue weighted by Gasteiger charge is 2.56. The zero-order valence-electron chi connectivity index (χ0n) is 18.7. The first-order valence-electron chi connectivity index (χ1n) is 11.7. The van der Waals surface area contributed by atoms with Crippen LogP contribution in [0.3, 0.4) is 0 Å². The van der Waals surface area contributed by atoms with Gasteiger partial charge in [0.15, 0.2) is 0 Å². The van der Waals surface area contributed by atoms with E-state index in [0.29, 0.717) is 12.8 Å². The Bertz CT molecular complexity index is 800. The van der Waals surface area contributed by atoms with Gasteiger partial charge in [-0.2, -0.15) is 0 Å². The van der Waals surface area contributed by atoms with Crippen LogP contribution in [0, 0.1) is 11.8 Å². The number of aliphatic imine (C=N–C) groups is 1. The maximum absolute atomic E-state index is 10.9. The quantitative estimate of drug-likeness (QED) is 0.277. The highest BCUT2D eigenvalue weighted by Crippen LogP contribution is 2.58. The van der Waals surface area contributed by atoms with Crippen LogP contribution in [0.2, 0.25) is 0 Å². The molecule has 1 heterocycles. The molecule has 1 saturated carbocycles. The Morgan fingerprint density at radius 1 is 1.28 bits per heavy atom. The van der Waals surface area contributed by atoms with Crippen molar-refractivity contribution >= 4 is 34.5 Å². The first-order valence-corrected chi connectivity index (χ1v) is 13.5. The molecule has 3 N–H and O–H groups in total. The number of aliphatic hydroxyl groups is 2. The Hall–Kier alpha value is -1.28. The third kappa shape index (κ3) is 6.86. The monoisotopic (exact) mass is 477 g/mol. The lowest BCUT2D eigenvalue weighted by Crippen LogP contribution is -2.25. The fraction of sp³-hybridized carbons (Fsp3) is 0.600. The number of rotatable bonds is 12. The van der Waals surface area contributed by atoms with Crippen LogP contribution in [0.25, 0.3) is 0 Å². The minimum atomic E-state index is -0.766. The average molecular weight is 478 g/mol. The van der Waals surface area contributed by atoms with E-state index in [1.807, 2.05) is 30.4 Å². The van der Waals surface area contributed by atoms with E-state index >= 15 is 0 Å². The second-order valence-electron chi connectivity index (χ2n) is 8.72. The number of unbranched alkanes of at least 4 members (excludes halogenated alkanes) is 2. The van der Waals surface area contributed by atoms with Crippen LogP contribution in [0.5, 0.6) is 0 Å². The number of hydrogen-bond donors (Lipinski definition) is 3. The second kappa shape index (κ2) is 12.3. The van der Waals surface area contributed by atoms with Gasteiger partial charge in [-0.25, -0.2) is 0 Å². The molecule has 3 rings (SSSR count). The molecule has 0 aromatic heterocycles. The molecule has 2 aliphatic rings. The van der Waals surface area contributed by atoms with E-state index in [0.717, 1.165) is 47.8 Å². The fourth-order valence-electron chi connectivity index (χ4n) is 4.58. The average Bonchev–Trinajstić information content (AvgIpc) is 3.21. The van der Waals surface area contributed by atoms with E-state index < -0.39 is 23.0 Å². The molecule has 0 saturated heterocycles. The van der Waals surface area contributed by atoms with Gasteiger partial charge in [0, 0.05) is 36.0 Å². The van der Waals surface area contributed by atoms with Crippen molar-refractivity contribution in [3.63, 3.8) is 0 Å². The predicted octanol–water partition coefficient (Wildman–Crippen LogP) is 5.37. The molecule has 1 aliphatic heterocycles. The minimum Gasteiger partial charge on any atom is -0.481 e. The van der Waals surface area contributed by atoms with Crippen molar-refractivity contribution in [3.05, 3.63) is 42.5 Å². The summed E-state index contributed by atoms with van der Waals surface area (Å²) in [6.45, 7) is 2.15. The maximum Gasteiger partial charge on any atom is 0.303 e. The number of aliphatic hydroxyl groups excluding tert-OH is 2. The van der Waals surface area contributed by atoms with Crippen molar-refractivity contribution in [2.45, 2.75) is 80.3 Å². The molecule has 1 aromatic carbocycles. The molecular formula is C25H35NO4S2. The Labute approximate surface area is 199 Å². The molecule has 5 nitrogen and oxygen atoms in total. The third-order valence-corrected chi connectivity index (χ3v) is 8.70. The van der Waals surface area contributed by atoms with Crippen LogP contribution < -0.4 is 0 Å². The number of nitrogens with zero attached hydrogens (tertiary/aromatic N) is 1. The van der Waals surface area contributed by atoms with Crippen molar-refractivity contribution in [2.24, 2.45) is 16.8 Å². The van der Waals surface area contributed by atoms with E-state index in [1.165, 1.54) is 0 Å². The molecule has 32 heavy (non-hydrogen) atoms. The van der Waals surface area contributed by atoms with E-state index in [1.54, 1.807) is 23.5 Å². The Morgan fingerprint density at radius 2 is 2.06 bits per heavy atom. The van der Waals surface area contributed by atoms with E-state index in [4.69, 9.17) is 10.1 Å². The first-order chi connectivity index (χ1) is 15.4. The molecule has 1 aromatic rings. The van der Waals surface area contributed by atoms with Crippen molar-refractivity contribution in [1.82, 2.24) is 0 Å². The largest absolute Gasteiger partial charge is 0.481 e. The minimum absolute atomic E-state index is 0.0482. The van der Waals surface area contributed by atoms with Crippen LogP contribution in [-0.2, 0) is 4.79 Å². The van der Waals surface area contributed by atoms with Crippen LogP contribution in [0.1, 0.15) is 58.3 Å². The molecule has 0 bridgehead atoms. The molecule has 1 fully saturated rings. The Kier molecular flexibility index (Phi) is 9.71. The fourth-order valence-corrected chi connectivity index (χ4v) is 7.19. The highest BCUT2D eigenvalue weighted by molar-refractivity contribution is 8.14. The van der Waals surface area contributed by atoms with Crippen molar-refractivity contribution in [2.75, 3.05) is 5.75 Å². The van der Waals surface area contributed by atoms with Gasteiger partial charge in [0.2, 0.25) is 0 Å². The number of carbonyl (C=O) groups is 1. The molecule has 5 unspecified atom stereocenters. The van der Waals surface area contributed by atoms with Gasteiger partial charge in [-0.15, -0.1) is 11.8 Å². The molecule has 7 heteroatoms. The normalized spacial score (nSPS) is 28.1. The van der Waals surface area contributed by atoms with E-state index in [9.17, 15) is 15.0 Å². The van der Waals surface area contributed by atoms with Gasteiger partial charge in [-0.3, -0.25) is 9.79 Å². The number of aliphatic carboxylic acids is 1. The molecular weight excluding hydrogens is 442 g/mol. The molecule has 0 spiro atoms. The maximum atomic E-state index is 10.9. The van der Waals surface area contributed by atoms with Crippen molar-refractivity contribution in [3.8, 4) is 0 Å². The SMILES string of the molecule is CCCCCC(O)/C=C/C1C(O)CC2(Sc3ccccc3)N=C(SCCCC(=O)O)CC12. The number of benzene rings is 1. The molecule has 1 aliphatic carbocycles. The summed E-state index contributed by atoms with van der Waals surface area (Å²) in [5.41, 5.74) is 0. The summed E-state index contributed by atoms with van der Waals surface area (Å²) >= 11 is 3.38. The number of carboxylic acid groups (broad SMARTS) is 1. The molecule has 0 radical (unpaired) electrons. The third-order valence-electron chi connectivity index (χ3n) is 6.20. The number of carboxylic acids is 1. The zero-order chi connectivity index (χ0) is 23.0. The van der Waals surface area contributed by atoms with Gasteiger partial charge < -0.3 is 15.3 Å². The standard InChI is InChI=1S/C25H35NO4S2/c1-2-3-5-9-18(27)13-14-20-21-16-23(31-15-8-12-24(29)30)26-25(21,17-22(20)28)32-19-10-6-4-7-11-19/h4,6-7,10-11,13-14,18,20-22,27-28H,2-3,5,8-9,12,15-17H2,1H3,(H,29,30)/b14-13+. The van der Waals surface area contributed by atoms with Gasteiger partial charge in [-0.1, -0.05) is 68.3 Å². The summed E-state index contributed by atoms with van der Waals surface area (Å²) in [7, 11) is 0. The van der Waals surface area contributed by atoms with Crippen molar-refractivity contribution < 1.29 is 20.1 Å². The van der Waals surface area contributed by atoms with E-state index in [2.05, 4.69) is 19.1 Å². The summed E-state index contributed by atoms with van der Waals surface area (Å²) in [5, 5.41) is 31.2. The number of thioether (sulfide) groups is 2. The Balaban J connectivity index is 1.72. The predicted molar refractivity (Wildman–Crippen MR) is 133 cm³/mol. The summed E-state index contributed by atoms with van der Waals surface area (Å²) in [4.78, 5) is 16.6. The lowest BCUT2D eigenvalue weighted by molar-refractivity contribution is -0.137. The lowest BCUT2D eigenvalue weighted by atomic mass is 9.90. The van der Waals surface area contributed by atoms with E-state index in [-0.39, 0.29) is 18.3 Å². The van der Waals surface area contributed by atoms with Crippen LogP contribution >= 0.6 is 23.5 Å². The Morgan fingerprint density at radius 3 is 2.78 bits per heavy atom. The van der Waals surface area contributed by atoms with Gasteiger partial charge in [0.1, 0.15) is 4.87 Å². The highest BCUT2D eigenvalue weighted by atomic mass is 32.2. The molecule has 5 atom stereocenters. The second-order valence-corrected chi connectivity index (χ2v) is 11.3. The topological polar surface area (TPSA) is 90.1 Å². The van der Waals surface area contributed by atoms with Gasteiger partial charge in [-0.05, 0) is 30.7 Å². The molecule has 0 amide bonds. The number of fused-ring (bicyclic) bond motifs is 1. The lowest BCUT2D eigenvalue weighted by Gasteiger charge is -2.27. The first kappa shape index (κ1) is 25.3. The summed E-state index contributed by atoms with van der Waals surface area (Å²) < 4.78 is 0. The van der Waals surface area contributed by atoms with Gasteiger partial charge >= 0.3 is 5.97 Å². The van der Waals surface area contributed by atoms with Gasteiger partial charge in [0.05, 0.1) is 17.3 Å². The summed E-state index contributed by atoms with van der Waals surface area (Å²) in [6, 6.07) is 10.2. The van der Waals surface area contributed by atoms with Crippen LogP contribution in [0.15, 0.2) is 52.4 Å². The summed E-state index contributed by atoms with van der Waals surface area (Å²) in [5.74, 6) is 0.0813. The van der Waals surface area contributed by atoms with Crippen LogP contribution in [-0.4, -0.2) is 49.2 Å². The number of hydrogen-bond acceptors (Lipinski definition) is 6.